The number of hydrogen-bond donors (Lipinski definition) is 0. The zero-order chi connectivity index (χ0) is 23.7. The summed E-state index contributed by atoms with van der Waals surface area (Å²) in [7, 11) is 0. The van der Waals surface area contributed by atoms with E-state index in [4.69, 9.17) is 14.2 Å². The number of rotatable bonds is 6. The summed E-state index contributed by atoms with van der Waals surface area (Å²) in [5, 5.41) is 0. The lowest BCUT2D eigenvalue weighted by molar-refractivity contribution is -0.0156. The quantitative estimate of drug-likeness (QED) is 0.353. The lowest BCUT2D eigenvalue weighted by Gasteiger charge is -2.28. The molecule has 1 fully saturated rings. The molecule has 2 aliphatic heterocycles. The van der Waals surface area contributed by atoms with Crippen LogP contribution in [0.15, 0.2) is 24.0 Å². The molecule has 0 spiro atoms. The molecule has 1 saturated heterocycles. The van der Waals surface area contributed by atoms with Gasteiger partial charge in [0.2, 0.25) is 11.6 Å². The van der Waals surface area contributed by atoms with Gasteiger partial charge >= 0.3 is 0 Å². The van der Waals surface area contributed by atoms with Gasteiger partial charge in [0.1, 0.15) is 5.83 Å². The third kappa shape index (κ3) is 4.45. The van der Waals surface area contributed by atoms with E-state index in [0.717, 1.165) is 18.9 Å². The van der Waals surface area contributed by atoms with Crippen LogP contribution < -0.4 is 9.47 Å². The third-order valence-corrected chi connectivity index (χ3v) is 6.05. The van der Waals surface area contributed by atoms with Gasteiger partial charge in [0.15, 0.2) is 28.9 Å². The highest BCUT2D eigenvalue weighted by molar-refractivity contribution is 5.66. The zero-order valence-corrected chi connectivity index (χ0v) is 18.5. The average Bonchev–Trinajstić information content (AvgIpc) is 2.82. The van der Waals surface area contributed by atoms with Gasteiger partial charge in [-0.3, -0.25) is 0 Å². The molecule has 2 heterocycles. The van der Waals surface area contributed by atoms with Crippen molar-refractivity contribution in [1.29, 1.82) is 0 Å². The van der Waals surface area contributed by atoms with E-state index in [1.54, 1.807) is 6.92 Å². The standard InChI is InChI=1S/C25H25F5O3/c1-3-5-16-8-6-14(12-32-16)19(26)20(27)17-11-15-10-13-7-9-18(31-4-2)22(29)24(13)33-25(15)23(30)21(17)28/h7,9,11,14,16H,3-6,8,10,12H2,1-2H3/b20-19+. The molecule has 2 aromatic carbocycles. The smallest absolute Gasteiger partial charge is 0.207 e. The Morgan fingerprint density at radius 3 is 2.42 bits per heavy atom. The van der Waals surface area contributed by atoms with Crippen LogP contribution in [0.1, 0.15) is 56.2 Å². The number of ether oxygens (including phenoxy) is 3. The van der Waals surface area contributed by atoms with Gasteiger partial charge in [-0.05, 0) is 38.3 Å². The third-order valence-electron chi connectivity index (χ3n) is 6.05. The van der Waals surface area contributed by atoms with Gasteiger partial charge in [0.25, 0.3) is 0 Å². The van der Waals surface area contributed by atoms with Crippen molar-refractivity contribution >= 4 is 5.83 Å². The molecule has 33 heavy (non-hydrogen) atoms. The normalized spacial score (nSPS) is 20.5. The van der Waals surface area contributed by atoms with Crippen LogP contribution in [0, 0.1) is 23.4 Å². The first kappa shape index (κ1) is 23.5. The van der Waals surface area contributed by atoms with E-state index in [1.807, 2.05) is 6.92 Å². The van der Waals surface area contributed by atoms with Crippen molar-refractivity contribution in [3.8, 4) is 17.2 Å². The summed E-state index contributed by atoms with van der Waals surface area (Å²) in [5.41, 5.74) is -0.378. The van der Waals surface area contributed by atoms with E-state index < -0.39 is 46.3 Å². The highest BCUT2D eigenvalue weighted by Gasteiger charge is 2.32. The molecule has 2 aromatic rings. The summed E-state index contributed by atoms with van der Waals surface area (Å²) in [6, 6.07) is 3.96. The Morgan fingerprint density at radius 2 is 1.76 bits per heavy atom. The van der Waals surface area contributed by atoms with Crippen LogP contribution >= 0.6 is 0 Å². The van der Waals surface area contributed by atoms with Crippen LogP contribution in [0.3, 0.4) is 0 Å². The number of hydrogen-bond acceptors (Lipinski definition) is 3. The second kappa shape index (κ2) is 9.71. The van der Waals surface area contributed by atoms with Gasteiger partial charge < -0.3 is 14.2 Å². The largest absolute Gasteiger partial charge is 0.491 e. The molecule has 4 rings (SSSR count). The summed E-state index contributed by atoms with van der Waals surface area (Å²) in [5.74, 6) is -8.31. The van der Waals surface area contributed by atoms with E-state index in [-0.39, 0.29) is 42.8 Å². The zero-order valence-electron chi connectivity index (χ0n) is 18.5. The minimum Gasteiger partial charge on any atom is -0.491 e. The summed E-state index contributed by atoms with van der Waals surface area (Å²) in [4.78, 5) is 0. The van der Waals surface area contributed by atoms with Crippen LogP contribution in [0.2, 0.25) is 0 Å². The minimum absolute atomic E-state index is 0.000825. The molecule has 2 unspecified atom stereocenters. The van der Waals surface area contributed by atoms with E-state index >= 15 is 0 Å². The SMILES string of the molecule is CCCC1CCC(/C(F)=C(\F)c2cc3c(c(F)c2F)Oc2c(ccc(OCC)c2F)C3)CO1. The molecule has 178 valence electrons. The molecule has 3 nitrogen and oxygen atoms in total. The maximum atomic E-state index is 15.0. The van der Waals surface area contributed by atoms with Crippen LogP contribution in [0.5, 0.6) is 17.2 Å². The lowest BCUT2D eigenvalue weighted by atomic mass is 9.93. The first-order valence-electron chi connectivity index (χ1n) is 11.2. The Kier molecular flexibility index (Phi) is 6.93. The first-order chi connectivity index (χ1) is 15.8. The summed E-state index contributed by atoms with van der Waals surface area (Å²) >= 11 is 0. The monoisotopic (exact) mass is 468 g/mol. The van der Waals surface area contributed by atoms with E-state index in [2.05, 4.69) is 0 Å². The van der Waals surface area contributed by atoms with E-state index in [9.17, 15) is 22.0 Å². The Balaban J connectivity index is 1.64. The number of fused-ring (bicyclic) bond motifs is 2. The lowest BCUT2D eigenvalue weighted by Crippen LogP contribution is -2.26. The van der Waals surface area contributed by atoms with Gasteiger partial charge in [-0.1, -0.05) is 19.4 Å². The van der Waals surface area contributed by atoms with E-state index in [1.165, 1.54) is 12.1 Å². The molecule has 0 saturated carbocycles. The first-order valence-corrected chi connectivity index (χ1v) is 11.2. The fourth-order valence-electron chi connectivity index (χ4n) is 4.33. The maximum absolute atomic E-state index is 15.0. The molecule has 2 atom stereocenters. The Hall–Kier alpha value is -2.61. The molecular formula is C25H25F5O3. The van der Waals surface area contributed by atoms with Crippen molar-refractivity contribution in [1.82, 2.24) is 0 Å². The fourth-order valence-corrected chi connectivity index (χ4v) is 4.33. The predicted molar refractivity (Wildman–Crippen MR) is 113 cm³/mol. The van der Waals surface area contributed by atoms with E-state index in [0.29, 0.717) is 18.4 Å². The van der Waals surface area contributed by atoms with Crippen molar-refractivity contribution in [2.24, 2.45) is 5.92 Å². The average molecular weight is 468 g/mol. The number of halogens is 5. The van der Waals surface area contributed by atoms with Crippen molar-refractivity contribution in [3.63, 3.8) is 0 Å². The van der Waals surface area contributed by atoms with Crippen LogP contribution in [0.25, 0.3) is 5.83 Å². The molecule has 8 heteroatoms. The van der Waals surface area contributed by atoms with Crippen molar-refractivity contribution < 1.29 is 36.2 Å². The summed E-state index contributed by atoms with van der Waals surface area (Å²) < 4.78 is 90.2. The second-order valence-corrected chi connectivity index (χ2v) is 8.30. The molecule has 0 aliphatic carbocycles. The summed E-state index contributed by atoms with van der Waals surface area (Å²) in [6.07, 6.45) is 2.64. The Bertz CT molecular complexity index is 1070. The molecule has 0 radical (unpaired) electrons. The van der Waals surface area contributed by atoms with Crippen molar-refractivity contribution in [3.05, 3.63) is 58.2 Å². The fraction of sp³-hybridized carbons (Fsp3) is 0.440. The van der Waals surface area contributed by atoms with Crippen LogP contribution in [-0.2, 0) is 11.2 Å². The molecule has 0 amide bonds. The minimum atomic E-state index is -1.59. The molecular weight excluding hydrogens is 443 g/mol. The van der Waals surface area contributed by atoms with Crippen molar-refractivity contribution in [2.45, 2.75) is 52.1 Å². The van der Waals surface area contributed by atoms with Gasteiger partial charge in [-0.25, -0.2) is 13.2 Å². The van der Waals surface area contributed by atoms with Gasteiger partial charge in [-0.2, -0.15) is 8.78 Å². The molecule has 0 N–H and O–H groups in total. The molecule has 0 aromatic heterocycles. The summed E-state index contributed by atoms with van der Waals surface area (Å²) in [6.45, 7) is 3.88. The highest BCUT2D eigenvalue weighted by atomic mass is 19.2. The molecule has 0 bridgehead atoms. The van der Waals surface area contributed by atoms with Crippen molar-refractivity contribution in [2.75, 3.05) is 13.2 Å². The van der Waals surface area contributed by atoms with Gasteiger partial charge in [0.05, 0.1) is 24.9 Å². The Morgan fingerprint density at radius 1 is 1.00 bits per heavy atom. The van der Waals surface area contributed by atoms with Crippen LogP contribution in [0.4, 0.5) is 22.0 Å². The van der Waals surface area contributed by atoms with Crippen LogP contribution in [-0.4, -0.2) is 19.3 Å². The highest BCUT2D eigenvalue weighted by Crippen LogP contribution is 2.45. The maximum Gasteiger partial charge on any atom is 0.207 e. The predicted octanol–water partition coefficient (Wildman–Crippen LogP) is 7.40. The van der Waals surface area contributed by atoms with Gasteiger partial charge in [0, 0.05) is 23.5 Å². The van der Waals surface area contributed by atoms with Gasteiger partial charge in [-0.15, -0.1) is 0 Å². The number of benzene rings is 2. The Labute approximate surface area is 189 Å². The second-order valence-electron chi connectivity index (χ2n) is 8.30. The topological polar surface area (TPSA) is 27.7 Å². The molecule has 2 aliphatic rings.